The molecule has 0 fully saturated rings. The summed E-state index contributed by atoms with van der Waals surface area (Å²) < 4.78 is 4.06. The fraction of sp³-hybridized carbons (Fsp3) is 0.222. The molecule has 0 saturated heterocycles. The third-order valence-corrected chi connectivity index (χ3v) is 6.16. The van der Waals surface area contributed by atoms with E-state index in [0.717, 1.165) is 19.6 Å². The van der Waals surface area contributed by atoms with Gasteiger partial charge in [-0.2, -0.15) is 4.99 Å². The second-order valence-corrected chi connectivity index (χ2v) is 9.15. The summed E-state index contributed by atoms with van der Waals surface area (Å²) in [5, 5.41) is 0.477. The highest BCUT2D eigenvalue weighted by Gasteiger charge is 2.10. The largest absolute Gasteiger partial charge is 0.318 e. The minimum Gasteiger partial charge on any atom is -0.318 e. The summed E-state index contributed by atoms with van der Waals surface area (Å²) in [7, 11) is 1.93. The lowest BCUT2D eigenvalue weighted by atomic mass is 10.2. The normalized spacial score (nSPS) is 12.3. The van der Waals surface area contributed by atoms with Gasteiger partial charge in [0.1, 0.15) is 0 Å². The smallest absolute Gasteiger partial charge is 0.279 e. The van der Waals surface area contributed by atoms with Gasteiger partial charge >= 0.3 is 0 Å². The number of rotatable bonds is 3. The van der Waals surface area contributed by atoms with Crippen LogP contribution in [-0.2, 0) is 7.05 Å². The molecular weight excluding hydrogens is 404 g/mol. The van der Waals surface area contributed by atoms with Crippen molar-refractivity contribution >= 4 is 55.2 Å². The molecule has 0 aliphatic rings. The SMILES string of the molecule is CC(C)Sc1cccc(C(=O)N=c2sc3cccc(Br)c3n2C)c1. The van der Waals surface area contributed by atoms with E-state index in [-0.39, 0.29) is 5.91 Å². The molecule has 0 N–H and O–H groups in total. The number of hydrogen-bond acceptors (Lipinski definition) is 3. The second kappa shape index (κ2) is 7.25. The van der Waals surface area contributed by atoms with Crippen molar-refractivity contribution in [2.45, 2.75) is 24.0 Å². The van der Waals surface area contributed by atoms with Crippen molar-refractivity contribution in [2.75, 3.05) is 0 Å². The first kappa shape index (κ1) is 17.5. The molecule has 0 unspecified atom stereocenters. The average molecular weight is 421 g/mol. The van der Waals surface area contributed by atoms with Gasteiger partial charge in [-0.05, 0) is 46.3 Å². The van der Waals surface area contributed by atoms with E-state index < -0.39 is 0 Å². The van der Waals surface area contributed by atoms with Crippen LogP contribution in [0.3, 0.4) is 0 Å². The molecule has 1 aromatic heterocycles. The zero-order valence-corrected chi connectivity index (χ0v) is 16.8. The number of nitrogens with zero attached hydrogens (tertiary/aromatic N) is 2. The Morgan fingerprint density at radius 2 is 2.00 bits per heavy atom. The molecule has 1 heterocycles. The van der Waals surface area contributed by atoms with Crippen LogP contribution >= 0.6 is 39.0 Å². The zero-order valence-electron chi connectivity index (χ0n) is 13.6. The minimum absolute atomic E-state index is 0.209. The van der Waals surface area contributed by atoms with Gasteiger partial charge in [-0.15, -0.1) is 11.8 Å². The number of hydrogen-bond donors (Lipinski definition) is 0. The Morgan fingerprint density at radius 1 is 1.25 bits per heavy atom. The fourth-order valence-electron chi connectivity index (χ4n) is 2.39. The first-order valence-electron chi connectivity index (χ1n) is 7.55. The molecule has 0 aliphatic carbocycles. The molecule has 3 nitrogen and oxygen atoms in total. The van der Waals surface area contributed by atoms with Gasteiger partial charge in [-0.3, -0.25) is 4.79 Å². The molecule has 1 amide bonds. The number of aryl methyl sites for hydroxylation is 1. The molecule has 0 atom stereocenters. The van der Waals surface area contributed by atoms with Crippen LogP contribution in [0.25, 0.3) is 10.2 Å². The van der Waals surface area contributed by atoms with Gasteiger partial charge in [-0.25, -0.2) is 0 Å². The molecule has 0 bridgehead atoms. The van der Waals surface area contributed by atoms with E-state index in [1.54, 1.807) is 11.8 Å². The van der Waals surface area contributed by atoms with Crippen LogP contribution in [0.5, 0.6) is 0 Å². The number of carbonyl (C=O) groups excluding carboxylic acids is 1. The second-order valence-electron chi connectivity index (χ2n) is 5.64. The number of amides is 1. The van der Waals surface area contributed by atoms with Crippen molar-refractivity contribution in [3.8, 4) is 0 Å². The summed E-state index contributed by atoms with van der Waals surface area (Å²) in [4.78, 5) is 18.7. The predicted molar refractivity (Wildman–Crippen MR) is 106 cm³/mol. The Hall–Kier alpha value is -1.37. The van der Waals surface area contributed by atoms with Gasteiger partial charge in [-0.1, -0.05) is 37.3 Å². The lowest BCUT2D eigenvalue weighted by Crippen LogP contribution is -2.13. The Kier molecular flexibility index (Phi) is 5.27. The van der Waals surface area contributed by atoms with Gasteiger partial charge in [0.05, 0.1) is 10.2 Å². The van der Waals surface area contributed by atoms with Crippen LogP contribution in [0.2, 0.25) is 0 Å². The number of thiazole rings is 1. The van der Waals surface area contributed by atoms with Gasteiger partial charge in [0, 0.05) is 27.2 Å². The fourth-order valence-corrected chi connectivity index (χ4v) is 5.09. The maximum absolute atomic E-state index is 12.6. The number of benzene rings is 2. The van der Waals surface area contributed by atoms with E-state index in [2.05, 4.69) is 34.8 Å². The van der Waals surface area contributed by atoms with E-state index in [1.807, 2.05) is 54.1 Å². The van der Waals surface area contributed by atoms with E-state index in [4.69, 9.17) is 0 Å². The molecule has 124 valence electrons. The zero-order chi connectivity index (χ0) is 17.3. The highest BCUT2D eigenvalue weighted by atomic mass is 79.9. The van der Waals surface area contributed by atoms with E-state index in [9.17, 15) is 4.79 Å². The number of halogens is 1. The van der Waals surface area contributed by atoms with Crippen LogP contribution in [0, 0.1) is 0 Å². The van der Waals surface area contributed by atoms with Gasteiger partial charge in [0.25, 0.3) is 5.91 Å². The van der Waals surface area contributed by atoms with E-state index in [0.29, 0.717) is 15.6 Å². The lowest BCUT2D eigenvalue weighted by Gasteiger charge is -2.05. The molecule has 24 heavy (non-hydrogen) atoms. The Labute approximate surface area is 157 Å². The summed E-state index contributed by atoms with van der Waals surface area (Å²) in [6.07, 6.45) is 0. The molecule has 0 spiro atoms. The summed E-state index contributed by atoms with van der Waals surface area (Å²) >= 11 is 6.82. The van der Waals surface area contributed by atoms with Crippen LogP contribution in [-0.4, -0.2) is 15.7 Å². The molecule has 6 heteroatoms. The molecule has 3 aromatic rings. The molecular formula is C18H17BrN2OS2. The number of fused-ring (bicyclic) bond motifs is 1. The van der Waals surface area contributed by atoms with Crippen molar-refractivity contribution < 1.29 is 4.79 Å². The number of thioether (sulfide) groups is 1. The standard InChI is InChI=1S/C18H17BrN2OS2/c1-11(2)23-13-7-4-6-12(10-13)17(22)20-18-21(3)16-14(19)8-5-9-15(16)24-18/h4-11H,1-3H3. The van der Waals surface area contributed by atoms with Crippen LogP contribution in [0.15, 0.2) is 56.8 Å². The highest BCUT2D eigenvalue weighted by molar-refractivity contribution is 9.10. The van der Waals surface area contributed by atoms with E-state index >= 15 is 0 Å². The van der Waals surface area contributed by atoms with Gasteiger partial charge in [0.2, 0.25) is 0 Å². The van der Waals surface area contributed by atoms with Gasteiger partial charge < -0.3 is 4.57 Å². The summed E-state index contributed by atoms with van der Waals surface area (Å²) in [6.45, 7) is 4.27. The summed E-state index contributed by atoms with van der Waals surface area (Å²) in [5.41, 5.74) is 1.68. The lowest BCUT2D eigenvalue weighted by molar-refractivity contribution is 0.0997. The van der Waals surface area contributed by atoms with Crippen LogP contribution in [0.1, 0.15) is 24.2 Å². The number of aromatic nitrogens is 1. The third-order valence-electron chi connectivity index (χ3n) is 3.42. The third kappa shape index (κ3) is 3.66. The monoisotopic (exact) mass is 420 g/mol. The average Bonchev–Trinajstić information content (AvgIpc) is 2.84. The Balaban J connectivity index is 2.01. The first-order chi connectivity index (χ1) is 11.5. The maximum Gasteiger partial charge on any atom is 0.279 e. The van der Waals surface area contributed by atoms with Crippen molar-refractivity contribution in [3.63, 3.8) is 0 Å². The summed E-state index contributed by atoms with van der Waals surface area (Å²) in [5.74, 6) is -0.209. The highest BCUT2D eigenvalue weighted by Crippen LogP contribution is 2.25. The summed E-state index contributed by atoms with van der Waals surface area (Å²) in [6, 6.07) is 13.7. The molecule has 2 aromatic carbocycles. The molecule has 3 rings (SSSR count). The maximum atomic E-state index is 12.6. The predicted octanol–water partition coefficient (Wildman–Crippen LogP) is 5.24. The van der Waals surface area contributed by atoms with Crippen LogP contribution < -0.4 is 4.80 Å². The van der Waals surface area contributed by atoms with Gasteiger partial charge in [0.15, 0.2) is 4.80 Å². The Bertz CT molecular complexity index is 973. The van der Waals surface area contributed by atoms with Crippen molar-refractivity contribution in [1.29, 1.82) is 0 Å². The minimum atomic E-state index is -0.209. The van der Waals surface area contributed by atoms with Crippen molar-refractivity contribution in [3.05, 3.63) is 57.3 Å². The molecule has 0 aliphatic heterocycles. The quantitative estimate of drug-likeness (QED) is 0.542. The van der Waals surface area contributed by atoms with Crippen molar-refractivity contribution in [2.24, 2.45) is 12.0 Å². The van der Waals surface area contributed by atoms with Crippen LogP contribution in [0.4, 0.5) is 0 Å². The first-order valence-corrected chi connectivity index (χ1v) is 10.0. The van der Waals surface area contributed by atoms with Crippen molar-refractivity contribution in [1.82, 2.24) is 4.57 Å². The topological polar surface area (TPSA) is 34.4 Å². The van der Waals surface area contributed by atoms with E-state index in [1.165, 1.54) is 11.3 Å². The molecule has 0 saturated carbocycles. The Morgan fingerprint density at radius 3 is 2.71 bits per heavy atom. The molecule has 0 radical (unpaired) electrons. The number of para-hydroxylation sites is 1. The number of carbonyl (C=O) groups is 1.